The maximum atomic E-state index is 12.6. The molecule has 7 heteroatoms. The highest BCUT2D eigenvalue weighted by molar-refractivity contribution is 5.78. The first kappa shape index (κ1) is 20.0. The van der Waals surface area contributed by atoms with E-state index in [2.05, 4.69) is 37.3 Å². The summed E-state index contributed by atoms with van der Waals surface area (Å²) in [5.74, 6) is 0.327. The van der Waals surface area contributed by atoms with Crippen LogP contribution in [0, 0.1) is 5.92 Å². The van der Waals surface area contributed by atoms with Gasteiger partial charge in [-0.1, -0.05) is 0 Å². The van der Waals surface area contributed by atoms with E-state index in [1.807, 2.05) is 29.3 Å². The molecular formula is C22H32N6O. The molecule has 4 heterocycles. The number of carbonyl (C=O) groups excluding carboxylic acids is 1. The van der Waals surface area contributed by atoms with Crippen molar-refractivity contribution in [1.82, 2.24) is 29.9 Å². The number of aromatic nitrogens is 3. The second kappa shape index (κ2) is 9.98. The Bertz CT molecular complexity index is 742. The van der Waals surface area contributed by atoms with Gasteiger partial charge >= 0.3 is 0 Å². The molecular weight excluding hydrogens is 364 g/mol. The SMILES string of the molecule is O=C(NCCn1cccn1)C1CCCN(C2CCN(Cc3ccncc3)CC2)C1. The second-order valence-electron chi connectivity index (χ2n) is 8.26. The number of hydrogen-bond acceptors (Lipinski definition) is 5. The first-order valence-corrected chi connectivity index (χ1v) is 10.9. The molecule has 0 aromatic carbocycles. The van der Waals surface area contributed by atoms with E-state index < -0.39 is 0 Å². The number of nitrogens with one attached hydrogen (secondary N) is 1. The van der Waals surface area contributed by atoms with Gasteiger partial charge in [0.2, 0.25) is 5.91 Å². The highest BCUT2D eigenvalue weighted by atomic mass is 16.1. The average Bonchev–Trinajstić information content (AvgIpc) is 3.29. The Kier molecular flexibility index (Phi) is 6.90. The molecule has 2 aromatic rings. The molecule has 1 amide bonds. The van der Waals surface area contributed by atoms with Gasteiger partial charge in [0.05, 0.1) is 12.5 Å². The minimum absolute atomic E-state index is 0.121. The van der Waals surface area contributed by atoms with Crippen LogP contribution in [0.3, 0.4) is 0 Å². The fraction of sp³-hybridized carbons (Fsp3) is 0.591. The van der Waals surface area contributed by atoms with Gasteiger partial charge in [0.1, 0.15) is 0 Å². The highest BCUT2D eigenvalue weighted by Crippen LogP contribution is 2.24. The van der Waals surface area contributed by atoms with E-state index in [-0.39, 0.29) is 11.8 Å². The van der Waals surface area contributed by atoms with Gasteiger partial charge in [0, 0.05) is 50.5 Å². The first-order chi connectivity index (χ1) is 14.3. The Labute approximate surface area is 173 Å². The molecule has 1 atom stereocenters. The summed E-state index contributed by atoms with van der Waals surface area (Å²) in [4.78, 5) is 21.8. The van der Waals surface area contributed by atoms with Crippen LogP contribution in [0.2, 0.25) is 0 Å². The molecule has 1 unspecified atom stereocenters. The van der Waals surface area contributed by atoms with Crippen molar-refractivity contribution in [2.45, 2.75) is 44.8 Å². The number of amides is 1. The summed E-state index contributed by atoms with van der Waals surface area (Å²) in [6.45, 7) is 6.68. The third-order valence-electron chi connectivity index (χ3n) is 6.25. The van der Waals surface area contributed by atoms with Crippen molar-refractivity contribution in [3.63, 3.8) is 0 Å². The molecule has 156 valence electrons. The molecule has 2 aliphatic heterocycles. The zero-order chi connectivity index (χ0) is 19.9. The van der Waals surface area contributed by atoms with E-state index in [9.17, 15) is 4.79 Å². The Balaban J connectivity index is 1.20. The van der Waals surface area contributed by atoms with E-state index >= 15 is 0 Å². The van der Waals surface area contributed by atoms with E-state index in [1.165, 1.54) is 18.4 Å². The van der Waals surface area contributed by atoms with Gasteiger partial charge in [-0.05, 0) is 69.1 Å². The molecule has 2 aromatic heterocycles. The molecule has 2 aliphatic rings. The molecule has 2 saturated heterocycles. The highest BCUT2D eigenvalue weighted by Gasteiger charge is 2.31. The fourth-order valence-electron chi connectivity index (χ4n) is 4.61. The lowest BCUT2D eigenvalue weighted by Gasteiger charge is -2.42. The van der Waals surface area contributed by atoms with Crippen LogP contribution in [-0.2, 0) is 17.9 Å². The Morgan fingerprint density at radius 3 is 2.69 bits per heavy atom. The van der Waals surface area contributed by atoms with E-state index in [0.717, 1.165) is 52.1 Å². The number of nitrogens with zero attached hydrogens (tertiary/aromatic N) is 5. The van der Waals surface area contributed by atoms with Crippen LogP contribution >= 0.6 is 0 Å². The molecule has 2 fully saturated rings. The van der Waals surface area contributed by atoms with Gasteiger partial charge in [0.25, 0.3) is 0 Å². The summed E-state index contributed by atoms with van der Waals surface area (Å²) in [5, 5.41) is 7.29. The molecule has 0 aliphatic carbocycles. The van der Waals surface area contributed by atoms with Gasteiger partial charge in [-0.15, -0.1) is 0 Å². The predicted molar refractivity (Wildman–Crippen MR) is 112 cm³/mol. The molecule has 0 bridgehead atoms. The molecule has 29 heavy (non-hydrogen) atoms. The van der Waals surface area contributed by atoms with Crippen molar-refractivity contribution in [3.05, 3.63) is 48.5 Å². The quantitative estimate of drug-likeness (QED) is 0.773. The van der Waals surface area contributed by atoms with Crippen LogP contribution < -0.4 is 5.32 Å². The van der Waals surface area contributed by atoms with Crippen molar-refractivity contribution >= 4 is 5.91 Å². The Morgan fingerprint density at radius 2 is 1.93 bits per heavy atom. The number of pyridine rings is 1. The largest absolute Gasteiger partial charge is 0.354 e. The Morgan fingerprint density at radius 1 is 1.10 bits per heavy atom. The maximum Gasteiger partial charge on any atom is 0.224 e. The summed E-state index contributed by atoms with van der Waals surface area (Å²) in [6.07, 6.45) is 11.9. The summed E-state index contributed by atoms with van der Waals surface area (Å²) in [6, 6.07) is 6.73. The third kappa shape index (κ3) is 5.64. The predicted octanol–water partition coefficient (Wildman–Crippen LogP) is 1.77. The van der Waals surface area contributed by atoms with Crippen LogP contribution in [0.15, 0.2) is 43.0 Å². The summed E-state index contributed by atoms with van der Waals surface area (Å²) in [5.41, 5.74) is 1.34. The summed E-state index contributed by atoms with van der Waals surface area (Å²) >= 11 is 0. The lowest BCUT2D eigenvalue weighted by atomic mass is 9.93. The van der Waals surface area contributed by atoms with Crippen LogP contribution in [0.1, 0.15) is 31.2 Å². The maximum absolute atomic E-state index is 12.6. The monoisotopic (exact) mass is 396 g/mol. The number of likely N-dealkylation sites (tertiary alicyclic amines) is 2. The lowest BCUT2D eigenvalue weighted by molar-refractivity contribution is -0.127. The average molecular weight is 397 g/mol. The first-order valence-electron chi connectivity index (χ1n) is 10.9. The van der Waals surface area contributed by atoms with Crippen LogP contribution in [0.25, 0.3) is 0 Å². The van der Waals surface area contributed by atoms with Crippen molar-refractivity contribution in [2.24, 2.45) is 5.92 Å². The Hall–Kier alpha value is -2.25. The van der Waals surface area contributed by atoms with Crippen molar-refractivity contribution in [1.29, 1.82) is 0 Å². The van der Waals surface area contributed by atoms with E-state index in [4.69, 9.17) is 0 Å². The number of rotatable bonds is 7. The zero-order valence-corrected chi connectivity index (χ0v) is 17.1. The molecule has 0 radical (unpaired) electrons. The minimum Gasteiger partial charge on any atom is -0.354 e. The number of hydrogen-bond donors (Lipinski definition) is 1. The normalized spacial score (nSPS) is 21.9. The summed E-state index contributed by atoms with van der Waals surface area (Å²) < 4.78 is 1.85. The van der Waals surface area contributed by atoms with Gasteiger partial charge in [-0.3, -0.25) is 24.3 Å². The summed E-state index contributed by atoms with van der Waals surface area (Å²) in [7, 11) is 0. The van der Waals surface area contributed by atoms with Gasteiger partial charge in [-0.2, -0.15) is 5.10 Å². The molecule has 0 spiro atoms. The van der Waals surface area contributed by atoms with Gasteiger partial charge < -0.3 is 5.32 Å². The van der Waals surface area contributed by atoms with Crippen LogP contribution in [-0.4, -0.2) is 69.2 Å². The zero-order valence-electron chi connectivity index (χ0n) is 17.1. The molecule has 4 rings (SSSR count). The van der Waals surface area contributed by atoms with Gasteiger partial charge in [0.15, 0.2) is 0 Å². The fourth-order valence-corrected chi connectivity index (χ4v) is 4.61. The molecule has 1 N–H and O–H groups in total. The smallest absolute Gasteiger partial charge is 0.224 e. The van der Waals surface area contributed by atoms with Crippen molar-refractivity contribution in [2.75, 3.05) is 32.7 Å². The lowest BCUT2D eigenvalue weighted by Crippen LogP contribution is -2.50. The number of piperidine rings is 2. The van der Waals surface area contributed by atoms with E-state index in [1.54, 1.807) is 6.20 Å². The minimum atomic E-state index is 0.121. The van der Waals surface area contributed by atoms with Crippen molar-refractivity contribution < 1.29 is 4.79 Å². The van der Waals surface area contributed by atoms with Crippen LogP contribution in [0.5, 0.6) is 0 Å². The topological polar surface area (TPSA) is 66.3 Å². The van der Waals surface area contributed by atoms with Crippen molar-refractivity contribution in [3.8, 4) is 0 Å². The standard InChI is InChI=1S/C22H32N6O/c29-22(24-11-16-28-13-2-8-25-28)20-3-1-12-27(18-20)21-6-14-26(15-7-21)17-19-4-9-23-10-5-19/h2,4-5,8-10,13,20-21H,1,3,6-7,11-12,14-18H2,(H,24,29). The van der Waals surface area contributed by atoms with Crippen LogP contribution in [0.4, 0.5) is 0 Å². The number of carbonyl (C=O) groups is 1. The van der Waals surface area contributed by atoms with Gasteiger partial charge in [-0.25, -0.2) is 0 Å². The van der Waals surface area contributed by atoms with E-state index in [0.29, 0.717) is 12.6 Å². The third-order valence-corrected chi connectivity index (χ3v) is 6.25. The molecule has 7 nitrogen and oxygen atoms in total. The second-order valence-corrected chi connectivity index (χ2v) is 8.26. The molecule has 0 saturated carbocycles.